The second-order valence-corrected chi connectivity index (χ2v) is 10.7. The van der Waals surface area contributed by atoms with Crippen molar-refractivity contribution in [2.45, 2.75) is 37.1 Å². The number of rotatable bonds is 5. The highest BCUT2D eigenvalue weighted by Crippen LogP contribution is 2.29. The van der Waals surface area contributed by atoms with Crippen LogP contribution < -0.4 is 10.2 Å². The molecular weight excluding hydrogens is 434 g/mol. The number of benzene rings is 1. The van der Waals surface area contributed by atoms with Crippen LogP contribution >= 0.6 is 11.3 Å². The maximum atomic E-state index is 12.9. The van der Waals surface area contributed by atoms with Crippen molar-refractivity contribution in [1.29, 1.82) is 0 Å². The molecule has 3 heterocycles. The van der Waals surface area contributed by atoms with Crippen molar-refractivity contribution in [1.82, 2.24) is 9.62 Å². The molecule has 0 aliphatic carbocycles. The van der Waals surface area contributed by atoms with E-state index in [4.69, 9.17) is 6.42 Å². The summed E-state index contributed by atoms with van der Waals surface area (Å²) in [6.45, 7) is 3.16. The number of nitrogens with zero attached hydrogens (tertiary/aromatic N) is 2. The molecule has 1 aromatic heterocycles. The maximum absolute atomic E-state index is 12.9. The van der Waals surface area contributed by atoms with Crippen molar-refractivity contribution in [3.63, 3.8) is 0 Å². The van der Waals surface area contributed by atoms with Crippen LogP contribution in [0.15, 0.2) is 35.2 Å². The molecule has 162 valence electrons. The number of anilines is 1. The third kappa shape index (κ3) is 4.24. The van der Waals surface area contributed by atoms with E-state index in [9.17, 15) is 18.0 Å². The fourth-order valence-electron chi connectivity index (χ4n) is 4.01. The Morgan fingerprint density at radius 3 is 2.61 bits per heavy atom. The highest BCUT2D eigenvalue weighted by molar-refractivity contribution is 7.89. The molecule has 2 aromatic rings. The van der Waals surface area contributed by atoms with E-state index in [1.54, 1.807) is 42.2 Å². The molecular formula is C22H23N3O4S2. The summed E-state index contributed by atoms with van der Waals surface area (Å²) in [5, 5.41) is 2.89. The van der Waals surface area contributed by atoms with E-state index < -0.39 is 10.0 Å². The molecule has 4 rings (SSSR count). The van der Waals surface area contributed by atoms with Crippen molar-refractivity contribution < 1.29 is 18.0 Å². The van der Waals surface area contributed by atoms with E-state index >= 15 is 0 Å². The highest BCUT2D eigenvalue weighted by atomic mass is 32.2. The van der Waals surface area contributed by atoms with E-state index in [1.165, 1.54) is 15.6 Å². The lowest BCUT2D eigenvalue weighted by molar-refractivity contribution is -0.117. The van der Waals surface area contributed by atoms with Gasteiger partial charge in [0.1, 0.15) is 0 Å². The third-order valence-corrected chi connectivity index (χ3v) is 8.66. The highest BCUT2D eigenvalue weighted by Gasteiger charge is 2.33. The number of sulfonamides is 1. The van der Waals surface area contributed by atoms with Crippen LogP contribution in [-0.4, -0.2) is 50.2 Å². The van der Waals surface area contributed by atoms with E-state index in [2.05, 4.69) is 11.2 Å². The first-order chi connectivity index (χ1) is 14.8. The largest absolute Gasteiger partial charge is 0.346 e. The van der Waals surface area contributed by atoms with Gasteiger partial charge in [0.15, 0.2) is 0 Å². The summed E-state index contributed by atoms with van der Waals surface area (Å²) in [6, 6.07) is 8.02. The molecule has 2 fully saturated rings. The van der Waals surface area contributed by atoms with Crippen LogP contribution in [0.3, 0.4) is 0 Å². The van der Waals surface area contributed by atoms with Gasteiger partial charge in [-0.15, -0.1) is 17.8 Å². The van der Waals surface area contributed by atoms with Crippen LogP contribution in [0.25, 0.3) is 0 Å². The summed E-state index contributed by atoms with van der Waals surface area (Å²) < 4.78 is 27.3. The Morgan fingerprint density at radius 2 is 1.97 bits per heavy atom. The predicted molar refractivity (Wildman–Crippen MR) is 120 cm³/mol. The van der Waals surface area contributed by atoms with Crippen LogP contribution in [0.4, 0.5) is 5.69 Å². The fraction of sp³-hybridized carbons (Fsp3) is 0.364. The van der Waals surface area contributed by atoms with Gasteiger partial charge in [-0.2, -0.15) is 4.31 Å². The summed E-state index contributed by atoms with van der Waals surface area (Å²) in [6.07, 6.45) is 7.29. The second kappa shape index (κ2) is 8.46. The van der Waals surface area contributed by atoms with Crippen molar-refractivity contribution >= 4 is 38.9 Å². The maximum Gasteiger partial charge on any atom is 0.261 e. The minimum atomic E-state index is -3.52. The zero-order valence-electron chi connectivity index (χ0n) is 17.1. The van der Waals surface area contributed by atoms with Crippen LogP contribution in [0.1, 0.15) is 39.4 Å². The fourth-order valence-corrected chi connectivity index (χ4v) is 6.45. The van der Waals surface area contributed by atoms with Gasteiger partial charge in [-0.3, -0.25) is 9.59 Å². The number of amides is 2. The average Bonchev–Trinajstić information content (AvgIpc) is 3.48. The average molecular weight is 458 g/mol. The SMILES string of the molecule is C#Cc1ccc(C(=O)N[C@@H]2CC(=O)N(c3ccc(S(=O)(=O)N4CCCC4)c(C)c3)C2)s1. The minimum Gasteiger partial charge on any atom is -0.346 e. The smallest absolute Gasteiger partial charge is 0.261 e. The van der Waals surface area contributed by atoms with Crippen LogP contribution in [0, 0.1) is 19.3 Å². The normalized spacial score (nSPS) is 19.5. The molecule has 2 aliphatic rings. The molecule has 7 nitrogen and oxygen atoms in total. The first-order valence-corrected chi connectivity index (χ1v) is 12.3. The Labute approximate surface area is 186 Å². The molecule has 1 atom stereocenters. The lowest BCUT2D eigenvalue weighted by atomic mass is 10.2. The van der Waals surface area contributed by atoms with E-state index in [0.717, 1.165) is 12.8 Å². The van der Waals surface area contributed by atoms with E-state index in [0.29, 0.717) is 40.6 Å². The number of carbonyl (C=O) groups is 2. The number of nitrogens with one attached hydrogen (secondary N) is 1. The van der Waals surface area contributed by atoms with Gasteiger partial charge in [0.2, 0.25) is 15.9 Å². The molecule has 1 N–H and O–H groups in total. The zero-order chi connectivity index (χ0) is 22.2. The van der Waals surface area contributed by atoms with Gasteiger partial charge in [0, 0.05) is 31.7 Å². The Kier molecular flexibility index (Phi) is 5.88. The molecule has 2 saturated heterocycles. The summed E-state index contributed by atoms with van der Waals surface area (Å²) >= 11 is 1.23. The topological polar surface area (TPSA) is 86.8 Å². The lowest BCUT2D eigenvalue weighted by Gasteiger charge is -2.21. The molecule has 0 saturated carbocycles. The Hall–Kier alpha value is -2.67. The molecule has 0 spiro atoms. The summed E-state index contributed by atoms with van der Waals surface area (Å²) in [5.74, 6) is 2.13. The summed E-state index contributed by atoms with van der Waals surface area (Å²) in [7, 11) is -3.52. The molecule has 31 heavy (non-hydrogen) atoms. The van der Waals surface area contributed by atoms with E-state index in [1.807, 2.05) is 0 Å². The van der Waals surface area contributed by atoms with Crippen molar-refractivity contribution in [3.05, 3.63) is 45.6 Å². The monoisotopic (exact) mass is 457 g/mol. The molecule has 0 unspecified atom stereocenters. The number of aryl methyl sites for hydroxylation is 1. The van der Waals surface area contributed by atoms with Gasteiger partial charge in [0.25, 0.3) is 5.91 Å². The molecule has 2 aliphatic heterocycles. The van der Waals surface area contributed by atoms with Crippen molar-refractivity contribution in [3.8, 4) is 12.3 Å². The number of terminal acetylenes is 1. The first kappa shape index (κ1) is 21.6. The molecule has 0 radical (unpaired) electrons. The molecule has 0 bridgehead atoms. The van der Waals surface area contributed by atoms with Gasteiger partial charge >= 0.3 is 0 Å². The van der Waals surface area contributed by atoms with Gasteiger partial charge in [-0.1, -0.05) is 5.92 Å². The predicted octanol–water partition coefficient (Wildman–Crippen LogP) is 2.36. The van der Waals surface area contributed by atoms with Crippen LogP contribution in [0.2, 0.25) is 0 Å². The van der Waals surface area contributed by atoms with Gasteiger partial charge in [0.05, 0.1) is 20.7 Å². The van der Waals surface area contributed by atoms with Crippen LogP contribution in [0.5, 0.6) is 0 Å². The number of hydrogen-bond donors (Lipinski definition) is 1. The molecule has 9 heteroatoms. The van der Waals surface area contributed by atoms with Gasteiger partial charge in [-0.25, -0.2) is 8.42 Å². The van der Waals surface area contributed by atoms with Crippen LogP contribution in [-0.2, 0) is 14.8 Å². The second-order valence-electron chi connectivity index (χ2n) is 7.75. The molecule has 1 aromatic carbocycles. The number of thiophene rings is 1. The third-order valence-electron chi connectivity index (χ3n) is 5.59. The summed E-state index contributed by atoms with van der Waals surface area (Å²) in [5.41, 5.74) is 1.23. The Bertz CT molecular complexity index is 1170. The van der Waals surface area contributed by atoms with Gasteiger partial charge < -0.3 is 10.2 Å². The first-order valence-electron chi connectivity index (χ1n) is 10.1. The summed E-state index contributed by atoms with van der Waals surface area (Å²) in [4.78, 5) is 28.1. The Morgan fingerprint density at radius 1 is 1.23 bits per heavy atom. The number of hydrogen-bond acceptors (Lipinski definition) is 5. The Balaban J connectivity index is 1.47. The number of carbonyl (C=O) groups excluding carboxylic acids is 2. The molecule has 2 amide bonds. The van der Waals surface area contributed by atoms with Crippen molar-refractivity contribution in [2.75, 3.05) is 24.5 Å². The van der Waals surface area contributed by atoms with Gasteiger partial charge in [-0.05, 0) is 55.7 Å². The zero-order valence-corrected chi connectivity index (χ0v) is 18.8. The quantitative estimate of drug-likeness (QED) is 0.699. The van der Waals surface area contributed by atoms with Crippen molar-refractivity contribution in [2.24, 2.45) is 0 Å². The van der Waals surface area contributed by atoms with E-state index in [-0.39, 0.29) is 29.2 Å². The lowest BCUT2D eigenvalue weighted by Crippen LogP contribution is -2.36. The standard InChI is InChI=1S/C22H23N3O4S2/c1-3-18-7-8-19(30-18)22(27)23-16-13-21(26)25(14-16)17-6-9-20(15(2)12-17)31(28,29)24-10-4-5-11-24/h1,6-9,12,16H,4-5,10-11,13-14H2,2H3,(H,23,27)/t16-/m1/s1. The minimum absolute atomic E-state index is 0.115.